The molecule has 0 aromatic carbocycles. The average molecular weight is 520 g/mol. The predicted molar refractivity (Wildman–Crippen MR) is 146 cm³/mol. The van der Waals surface area contributed by atoms with Crippen molar-refractivity contribution in [3.8, 4) is 0 Å². The second-order valence-electron chi connectivity index (χ2n) is 12.5. The first-order chi connectivity index (χ1) is 17.5. The van der Waals surface area contributed by atoms with Crippen molar-refractivity contribution >= 4 is 11.9 Å². The number of hydrogen-bond acceptors (Lipinski definition) is 6. The SMILES string of the molecule is C.COC(=O)C1CC2CCC(N3CCOCC3C)CC2C1NC(=O)CN1CCC(C2CCCCC2)CC1. The summed E-state index contributed by atoms with van der Waals surface area (Å²) in [4.78, 5) is 31.0. The normalized spacial score (nSPS) is 36.4. The molecule has 37 heavy (non-hydrogen) atoms. The van der Waals surface area contributed by atoms with E-state index < -0.39 is 0 Å². The summed E-state index contributed by atoms with van der Waals surface area (Å²) in [6, 6.07) is 0.844. The Morgan fingerprint density at radius 1 is 0.919 bits per heavy atom. The van der Waals surface area contributed by atoms with Gasteiger partial charge in [0.1, 0.15) is 0 Å². The second-order valence-corrected chi connectivity index (χ2v) is 12.5. The summed E-state index contributed by atoms with van der Waals surface area (Å²) in [7, 11) is 1.48. The van der Waals surface area contributed by atoms with E-state index in [1.807, 2.05) is 0 Å². The van der Waals surface area contributed by atoms with E-state index in [1.165, 1.54) is 58.5 Å². The summed E-state index contributed by atoms with van der Waals surface area (Å²) in [6.45, 7) is 7.37. The molecule has 7 heteroatoms. The number of nitrogens with one attached hydrogen (secondary N) is 1. The van der Waals surface area contributed by atoms with Gasteiger partial charge in [-0.2, -0.15) is 0 Å². The van der Waals surface area contributed by atoms with Crippen LogP contribution in [0.25, 0.3) is 0 Å². The van der Waals surface area contributed by atoms with Crippen LogP contribution in [0.3, 0.4) is 0 Å². The highest BCUT2D eigenvalue weighted by atomic mass is 16.5. The third-order valence-electron chi connectivity index (χ3n) is 10.5. The minimum absolute atomic E-state index is 0. The molecule has 5 aliphatic rings. The van der Waals surface area contributed by atoms with Gasteiger partial charge < -0.3 is 14.8 Å². The van der Waals surface area contributed by atoms with Crippen LogP contribution in [-0.4, -0.2) is 86.3 Å². The lowest BCUT2D eigenvalue weighted by atomic mass is 9.76. The molecule has 3 saturated carbocycles. The number of piperidine rings is 1. The summed E-state index contributed by atoms with van der Waals surface area (Å²) in [5, 5.41) is 3.38. The zero-order valence-corrected chi connectivity index (χ0v) is 22.7. The number of rotatable bonds is 6. The Labute approximate surface area is 225 Å². The van der Waals surface area contributed by atoms with Crippen molar-refractivity contribution in [3.63, 3.8) is 0 Å². The van der Waals surface area contributed by atoms with E-state index in [9.17, 15) is 9.59 Å². The van der Waals surface area contributed by atoms with Crippen molar-refractivity contribution in [2.75, 3.05) is 46.5 Å². The molecule has 2 saturated heterocycles. The van der Waals surface area contributed by atoms with E-state index in [0.717, 1.165) is 63.9 Å². The van der Waals surface area contributed by atoms with Crippen molar-refractivity contribution in [3.05, 3.63) is 0 Å². The fraction of sp³-hybridized carbons (Fsp3) is 0.933. The van der Waals surface area contributed by atoms with Gasteiger partial charge in [0.05, 0.1) is 32.8 Å². The number of methoxy groups -OCH3 is 1. The van der Waals surface area contributed by atoms with Crippen molar-refractivity contribution in [1.82, 2.24) is 15.1 Å². The van der Waals surface area contributed by atoms with Gasteiger partial charge in [0.25, 0.3) is 0 Å². The van der Waals surface area contributed by atoms with E-state index in [1.54, 1.807) is 0 Å². The lowest BCUT2D eigenvalue weighted by Crippen LogP contribution is -2.54. The third kappa shape index (κ3) is 6.70. The number of likely N-dealkylation sites (tertiary alicyclic amines) is 1. The van der Waals surface area contributed by atoms with Crippen molar-refractivity contribution in [1.29, 1.82) is 0 Å². The average Bonchev–Trinajstić information content (AvgIpc) is 3.26. The van der Waals surface area contributed by atoms with Crippen LogP contribution in [-0.2, 0) is 19.1 Å². The molecule has 3 aliphatic carbocycles. The van der Waals surface area contributed by atoms with E-state index in [-0.39, 0.29) is 31.3 Å². The molecule has 0 radical (unpaired) electrons. The summed E-state index contributed by atoms with van der Waals surface area (Å²) in [5.74, 6) is 2.34. The molecule has 6 unspecified atom stereocenters. The quantitative estimate of drug-likeness (QED) is 0.533. The lowest BCUT2D eigenvalue weighted by Gasteiger charge is -2.45. The molecular formula is C30H53N3O4. The number of fused-ring (bicyclic) bond motifs is 1. The molecule has 1 amide bonds. The number of esters is 1. The van der Waals surface area contributed by atoms with Crippen molar-refractivity contribution < 1.29 is 19.1 Å². The van der Waals surface area contributed by atoms with Crippen LogP contribution in [0.5, 0.6) is 0 Å². The molecule has 2 heterocycles. The summed E-state index contributed by atoms with van der Waals surface area (Å²) in [5.41, 5.74) is 0. The predicted octanol–water partition coefficient (Wildman–Crippen LogP) is 4.10. The zero-order chi connectivity index (χ0) is 25.1. The van der Waals surface area contributed by atoms with Crippen LogP contribution in [0.4, 0.5) is 0 Å². The van der Waals surface area contributed by atoms with Gasteiger partial charge in [0.2, 0.25) is 5.91 Å². The number of morpholine rings is 1. The fourth-order valence-corrected chi connectivity index (χ4v) is 8.56. The fourth-order valence-electron chi connectivity index (χ4n) is 8.56. The standard InChI is InChI=1S/C29H49N3O4.CH4/c1-20-19-36-15-14-32(20)24-9-8-23-16-26(29(34)35-2)28(25(23)17-24)30-27(33)18-31-12-10-22(11-13-31)21-6-4-3-5-7-21;/h20-26,28H,3-19H2,1-2H3,(H,30,33);1H4. The molecule has 0 bridgehead atoms. The van der Waals surface area contributed by atoms with Crippen molar-refractivity contribution in [2.45, 2.75) is 103 Å². The maximum Gasteiger partial charge on any atom is 0.310 e. The highest BCUT2D eigenvalue weighted by Crippen LogP contribution is 2.47. The third-order valence-corrected chi connectivity index (χ3v) is 10.5. The highest BCUT2D eigenvalue weighted by molar-refractivity contribution is 5.80. The van der Waals surface area contributed by atoms with Gasteiger partial charge in [-0.15, -0.1) is 0 Å². The minimum Gasteiger partial charge on any atom is -0.469 e. The Bertz CT molecular complexity index is 749. The highest BCUT2D eigenvalue weighted by Gasteiger charge is 2.50. The molecule has 0 aromatic rings. The Balaban J connectivity index is 0.00000320. The molecule has 0 aromatic heterocycles. The topological polar surface area (TPSA) is 71.1 Å². The first-order valence-electron chi connectivity index (χ1n) is 15.0. The molecule has 5 fully saturated rings. The van der Waals surface area contributed by atoms with E-state index >= 15 is 0 Å². The maximum absolute atomic E-state index is 13.3. The summed E-state index contributed by atoms with van der Waals surface area (Å²) in [6.07, 6.45) is 13.7. The number of carbonyl (C=O) groups excluding carboxylic acids is 2. The molecule has 212 valence electrons. The number of hydrogen-bond donors (Lipinski definition) is 1. The van der Waals surface area contributed by atoms with Crippen LogP contribution in [0.15, 0.2) is 0 Å². The van der Waals surface area contributed by atoms with E-state index in [0.29, 0.717) is 30.5 Å². The van der Waals surface area contributed by atoms with Crippen molar-refractivity contribution in [2.24, 2.45) is 29.6 Å². The van der Waals surface area contributed by atoms with Gasteiger partial charge in [-0.25, -0.2) is 0 Å². The van der Waals surface area contributed by atoms with Gasteiger partial charge >= 0.3 is 5.97 Å². The largest absolute Gasteiger partial charge is 0.469 e. The van der Waals surface area contributed by atoms with Gasteiger partial charge in [0.15, 0.2) is 0 Å². The molecule has 6 atom stereocenters. The minimum atomic E-state index is -0.216. The molecule has 5 rings (SSSR count). The second kappa shape index (κ2) is 13.3. The van der Waals surface area contributed by atoms with Gasteiger partial charge in [-0.1, -0.05) is 39.5 Å². The monoisotopic (exact) mass is 519 g/mol. The Kier molecular flexibility index (Phi) is 10.3. The Hall–Kier alpha value is -1.18. The van der Waals surface area contributed by atoms with E-state index in [2.05, 4.69) is 22.0 Å². The number of nitrogens with zero attached hydrogens (tertiary/aromatic N) is 2. The zero-order valence-electron chi connectivity index (χ0n) is 22.7. The van der Waals surface area contributed by atoms with Gasteiger partial charge in [-0.3, -0.25) is 19.4 Å². The molecule has 2 aliphatic heterocycles. The Morgan fingerprint density at radius 3 is 2.35 bits per heavy atom. The Morgan fingerprint density at radius 2 is 1.65 bits per heavy atom. The van der Waals surface area contributed by atoms with E-state index in [4.69, 9.17) is 9.47 Å². The lowest BCUT2D eigenvalue weighted by molar-refractivity contribution is -0.146. The number of amides is 1. The molecule has 1 N–H and O–H groups in total. The van der Waals surface area contributed by atoms with Crippen LogP contribution in [0.2, 0.25) is 0 Å². The van der Waals surface area contributed by atoms with Crippen LogP contribution in [0, 0.1) is 29.6 Å². The first-order valence-corrected chi connectivity index (χ1v) is 15.0. The smallest absolute Gasteiger partial charge is 0.310 e. The summed E-state index contributed by atoms with van der Waals surface area (Å²) < 4.78 is 10.9. The van der Waals surface area contributed by atoms with Crippen LogP contribution >= 0.6 is 0 Å². The number of ether oxygens (including phenoxy) is 2. The number of carbonyl (C=O) groups is 2. The molecule has 0 spiro atoms. The van der Waals surface area contributed by atoms with Gasteiger partial charge in [-0.05, 0) is 82.2 Å². The molecule has 7 nitrogen and oxygen atoms in total. The summed E-state index contributed by atoms with van der Waals surface area (Å²) >= 11 is 0. The van der Waals surface area contributed by atoms with Crippen LogP contribution < -0.4 is 5.32 Å². The molecular weight excluding hydrogens is 466 g/mol. The maximum atomic E-state index is 13.3. The first kappa shape index (κ1) is 28.8. The van der Waals surface area contributed by atoms with Crippen LogP contribution in [0.1, 0.15) is 85.0 Å². The van der Waals surface area contributed by atoms with Gasteiger partial charge in [0, 0.05) is 24.7 Å².